The van der Waals surface area contributed by atoms with Crippen molar-refractivity contribution in [2.45, 2.75) is 78.0 Å². The van der Waals surface area contributed by atoms with E-state index < -0.39 is 0 Å². The smallest absolute Gasteiger partial charge is 0.399 e. The van der Waals surface area contributed by atoms with E-state index in [-0.39, 0.29) is 29.8 Å². The van der Waals surface area contributed by atoms with Crippen LogP contribution in [0.1, 0.15) is 72.6 Å². The normalized spacial score (nSPS) is 22.0. The van der Waals surface area contributed by atoms with Crippen molar-refractivity contribution in [2.75, 3.05) is 0 Å². The Kier molecular flexibility index (Phi) is 4.27. The van der Waals surface area contributed by atoms with Gasteiger partial charge in [0.05, 0.1) is 11.2 Å². The maximum absolute atomic E-state index is 6.16. The predicted molar refractivity (Wildman–Crippen MR) is 93.5 cm³/mol. The molecule has 0 aliphatic carbocycles. The van der Waals surface area contributed by atoms with Crippen molar-refractivity contribution in [3.05, 3.63) is 29.3 Å². The molecule has 1 saturated heterocycles. The molecule has 2 rings (SSSR count). The fraction of sp³-hybridized carbons (Fsp3) is 0.667. The van der Waals surface area contributed by atoms with E-state index in [0.29, 0.717) is 0 Å². The molecule has 0 aromatic heterocycles. The molecule has 0 saturated carbocycles. The molecule has 22 heavy (non-hydrogen) atoms. The Morgan fingerprint density at radius 2 is 1.55 bits per heavy atom. The summed E-state index contributed by atoms with van der Waals surface area (Å²) < 4.78 is 12.3. The Hall–Kier alpha value is -0.835. The van der Waals surface area contributed by atoms with Crippen molar-refractivity contribution in [2.24, 2.45) is 5.73 Å². The molecule has 0 spiro atoms. The van der Waals surface area contributed by atoms with Crippen LogP contribution in [0.5, 0.6) is 0 Å². The van der Waals surface area contributed by atoms with Crippen LogP contribution in [-0.2, 0) is 14.7 Å². The first-order valence-corrected chi connectivity index (χ1v) is 8.11. The highest BCUT2D eigenvalue weighted by molar-refractivity contribution is 6.62. The van der Waals surface area contributed by atoms with Gasteiger partial charge in [0.25, 0.3) is 0 Å². The second-order valence-electron chi connectivity index (χ2n) is 8.47. The summed E-state index contributed by atoms with van der Waals surface area (Å²) in [6.07, 6.45) is 0. The van der Waals surface area contributed by atoms with E-state index in [4.69, 9.17) is 15.0 Å². The second kappa shape index (κ2) is 5.36. The molecular weight excluding hydrogens is 273 g/mol. The summed E-state index contributed by atoms with van der Waals surface area (Å²) in [5, 5.41) is 0. The summed E-state index contributed by atoms with van der Waals surface area (Å²) in [6, 6.07) is 6.41. The number of benzene rings is 1. The molecule has 1 aliphatic rings. The first-order valence-electron chi connectivity index (χ1n) is 8.11. The van der Waals surface area contributed by atoms with E-state index in [1.165, 1.54) is 11.1 Å². The lowest BCUT2D eigenvalue weighted by atomic mass is 9.73. The number of rotatable bonds is 2. The Morgan fingerprint density at radius 3 is 1.95 bits per heavy atom. The first-order chi connectivity index (χ1) is 9.85. The van der Waals surface area contributed by atoms with Crippen molar-refractivity contribution in [3.8, 4) is 0 Å². The Bertz CT molecular complexity index is 543. The zero-order chi connectivity index (χ0) is 16.9. The average Bonchev–Trinajstić information content (AvgIpc) is 2.56. The van der Waals surface area contributed by atoms with Gasteiger partial charge in [-0.15, -0.1) is 0 Å². The van der Waals surface area contributed by atoms with Gasteiger partial charge in [0.1, 0.15) is 0 Å². The average molecular weight is 303 g/mol. The van der Waals surface area contributed by atoms with Crippen molar-refractivity contribution in [1.29, 1.82) is 0 Å². The molecule has 2 N–H and O–H groups in total. The number of hydrogen-bond donors (Lipinski definition) is 1. The molecule has 1 aliphatic heterocycles. The van der Waals surface area contributed by atoms with E-state index in [1.54, 1.807) is 0 Å². The van der Waals surface area contributed by atoms with Crippen molar-refractivity contribution in [1.82, 2.24) is 0 Å². The summed E-state index contributed by atoms with van der Waals surface area (Å²) in [5.41, 5.74) is 9.04. The van der Waals surface area contributed by atoms with Gasteiger partial charge >= 0.3 is 7.12 Å². The Labute approximate surface area is 135 Å². The molecular formula is C18H30BNO2. The summed E-state index contributed by atoms with van der Waals surface area (Å²) in [6.45, 7) is 17.0. The minimum absolute atomic E-state index is 0.0153. The quantitative estimate of drug-likeness (QED) is 0.853. The second-order valence-corrected chi connectivity index (χ2v) is 8.47. The third-order valence-corrected chi connectivity index (χ3v) is 4.90. The lowest BCUT2D eigenvalue weighted by molar-refractivity contribution is 0.00578. The van der Waals surface area contributed by atoms with Crippen LogP contribution >= 0.6 is 0 Å². The minimum Gasteiger partial charge on any atom is -0.399 e. The van der Waals surface area contributed by atoms with Crippen LogP contribution in [0, 0.1) is 0 Å². The molecule has 1 atom stereocenters. The fourth-order valence-electron chi connectivity index (χ4n) is 2.75. The van der Waals surface area contributed by atoms with Gasteiger partial charge in [-0.2, -0.15) is 0 Å². The Balaban J connectivity index is 2.43. The number of nitrogens with two attached hydrogens (primary N) is 1. The molecule has 122 valence electrons. The zero-order valence-electron chi connectivity index (χ0n) is 15.3. The lowest BCUT2D eigenvalue weighted by Crippen LogP contribution is -2.41. The molecule has 4 heteroatoms. The van der Waals surface area contributed by atoms with Crippen LogP contribution in [0.15, 0.2) is 18.2 Å². The van der Waals surface area contributed by atoms with E-state index in [1.807, 2.05) is 6.92 Å². The summed E-state index contributed by atoms with van der Waals surface area (Å²) >= 11 is 0. The highest BCUT2D eigenvalue weighted by Crippen LogP contribution is 2.37. The molecule has 3 nitrogen and oxygen atoms in total. The molecule has 0 bridgehead atoms. The maximum Gasteiger partial charge on any atom is 0.494 e. The van der Waals surface area contributed by atoms with Gasteiger partial charge in [0, 0.05) is 6.04 Å². The van der Waals surface area contributed by atoms with Crippen LogP contribution in [0.3, 0.4) is 0 Å². The van der Waals surface area contributed by atoms with Gasteiger partial charge in [0.2, 0.25) is 0 Å². The van der Waals surface area contributed by atoms with Gasteiger partial charge in [-0.3, -0.25) is 0 Å². The molecule has 0 amide bonds. The SMILES string of the molecule is CC(N)c1ccc(B2OC(C)(C)C(C)(C)O2)cc1C(C)(C)C. The topological polar surface area (TPSA) is 44.5 Å². The van der Waals surface area contributed by atoms with Gasteiger partial charge in [-0.25, -0.2) is 0 Å². The summed E-state index contributed by atoms with van der Waals surface area (Å²) in [4.78, 5) is 0. The van der Waals surface area contributed by atoms with Crippen LogP contribution < -0.4 is 11.2 Å². The number of hydrogen-bond acceptors (Lipinski definition) is 3. The molecule has 1 aromatic carbocycles. The zero-order valence-corrected chi connectivity index (χ0v) is 15.3. The molecule has 0 radical (unpaired) electrons. The maximum atomic E-state index is 6.16. The summed E-state index contributed by atoms with van der Waals surface area (Å²) in [7, 11) is -0.326. The van der Waals surface area contributed by atoms with E-state index in [0.717, 1.165) is 5.46 Å². The molecule has 1 fully saturated rings. The summed E-state index contributed by atoms with van der Waals surface area (Å²) in [5.74, 6) is 0. The first kappa shape index (κ1) is 17.5. The molecule has 1 heterocycles. The third-order valence-electron chi connectivity index (χ3n) is 4.90. The molecule has 1 aromatic rings. The van der Waals surface area contributed by atoms with E-state index in [2.05, 4.69) is 66.7 Å². The Morgan fingerprint density at radius 1 is 1.05 bits per heavy atom. The van der Waals surface area contributed by atoms with E-state index >= 15 is 0 Å². The van der Waals surface area contributed by atoms with Gasteiger partial charge in [0.15, 0.2) is 0 Å². The lowest BCUT2D eigenvalue weighted by Gasteiger charge is -2.32. The minimum atomic E-state index is -0.326. The van der Waals surface area contributed by atoms with Crippen molar-refractivity contribution in [3.63, 3.8) is 0 Å². The van der Waals surface area contributed by atoms with Gasteiger partial charge in [-0.1, -0.05) is 39.0 Å². The van der Waals surface area contributed by atoms with Gasteiger partial charge < -0.3 is 15.0 Å². The van der Waals surface area contributed by atoms with Crippen LogP contribution in [0.25, 0.3) is 0 Å². The third kappa shape index (κ3) is 3.10. The van der Waals surface area contributed by atoms with Crippen LogP contribution in [0.2, 0.25) is 0 Å². The monoisotopic (exact) mass is 303 g/mol. The highest BCUT2D eigenvalue weighted by Gasteiger charge is 2.51. The van der Waals surface area contributed by atoms with Gasteiger partial charge in [-0.05, 0) is 56.6 Å². The van der Waals surface area contributed by atoms with Crippen molar-refractivity contribution >= 4 is 12.6 Å². The van der Waals surface area contributed by atoms with Crippen molar-refractivity contribution < 1.29 is 9.31 Å². The molecule has 1 unspecified atom stereocenters. The standard InChI is InChI=1S/C18H30BNO2/c1-12(20)14-10-9-13(11-15(14)16(2,3)4)19-21-17(5,6)18(7,8)22-19/h9-12H,20H2,1-8H3. The largest absolute Gasteiger partial charge is 0.494 e. The van der Waals surface area contributed by atoms with Crippen LogP contribution in [-0.4, -0.2) is 18.3 Å². The van der Waals surface area contributed by atoms with E-state index in [9.17, 15) is 0 Å². The highest BCUT2D eigenvalue weighted by atomic mass is 16.7. The fourth-order valence-corrected chi connectivity index (χ4v) is 2.75. The van der Waals surface area contributed by atoms with Crippen LogP contribution in [0.4, 0.5) is 0 Å². The predicted octanol–water partition coefficient (Wildman–Crippen LogP) is 3.30.